The Balaban J connectivity index is 1.60. The molecule has 2 aliphatic heterocycles. The van der Waals surface area contributed by atoms with Crippen LogP contribution in [0.2, 0.25) is 0 Å². The number of likely N-dealkylation sites (tertiary alicyclic amines) is 1. The minimum atomic E-state index is 0.305. The second kappa shape index (κ2) is 10.0. The summed E-state index contributed by atoms with van der Waals surface area (Å²) in [4.78, 5) is 7.12. The van der Waals surface area contributed by atoms with Crippen molar-refractivity contribution < 1.29 is 9.47 Å². The molecule has 0 spiro atoms. The highest BCUT2D eigenvalue weighted by Crippen LogP contribution is 2.14. The van der Waals surface area contributed by atoms with Crippen LogP contribution in [0.15, 0.2) is 4.99 Å². The topological polar surface area (TPSA) is 58.1 Å². The summed E-state index contributed by atoms with van der Waals surface area (Å²) in [5, 5.41) is 6.71. The van der Waals surface area contributed by atoms with Gasteiger partial charge in [0.15, 0.2) is 5.96 Å². The summed E-state index contributed by atoms with van der Waals surface area (Å²) in [6, 6.07) is 0.598. The summed E-state index contributed by atoms with van der Waals surface area (Å²) in [6.45, 7) is 8.34. The molecule has 2 N–H and O–H groups in total. The van der Waals surface area contributed by atoms with E-state index in [-0.39, 0.29) is 0 Å². The first-order valence-electron chi connectivity index (χ1n) is 8.71. The molecule has 2 rings (SSSR count). The van der Waals surface area contributed by atoms with E-state index in [0.717, 1.165) is 58.3 Å². The van der Waals surface area contributed by atoms with Gasteiger partial charge in [0.25, 0.3) is 0 Å². The van der Waals surface area contributed by atoms with Crippen LogP contribution < -0.4 is 10.6 Å². The molecule has 2 unspecified atom stereocenters. The van der Waals surface area contributed by atoms with E-state index in [4.69, 9.17) is 14.5 Å². The van der Waals surface area contributed by atoms with Crippen molar-refractivity contribution in [2.75, 3.05) is 53.0 Å². The fraction of sp³-hybridized carbons (Fsp3) is 0.938. The molecule has 2 heterocycles. The van der Waals surface area contributed by atoms with E-state index < -0.39 is 0 Å². The molecule has 0 saturated carbocycles. The summed E-state index contributed by atoms with van der Waals surface area (Å²) < 4.78 is 11.1. The van der Waals surface area contributed by atoms with Gasteiger partial charge in [-0.05, 0) is 46.2 Å². The summed E-state index contributed by atoms with van der Waals surface area (Å²) in [6.07, 6.45) is 4.88. The number of likely N-dealkylation sites (N-methyl/N-ethyl adjacent to an activating group) is 1. The highest BCUT2D eigenvalue weighted by Gasteiger charge is 2.20. The monoisotopic (exact) mass is 312 g/mol. The Morgan fingerprint density at radius 3 is 2.95 bits per heavy atom. The van der Waals surface area contributed by atoms with Crippen molar-refractivity contribution in [3.8, 4) is 0 Å². The SMILES string of the molecule is CCNC(=NCC1CCCN1C)NCCCOC1CCOC1. The van der Waals surface area contributed by atoms with Gasteiger partial charge in [-0.15, -0.1) is 0 Å². The third kappa shape index (κ3) is 6.10. The molecule has 2 atom stereocenters. The molecule has 128 valence electrons. The van der Waals surface area contributed by atoms with Crippen LogP contribution >= 0.6 is 0 Å². The van der Waals surface area contributed by atoms with Crippen LogP contribution in [0.25, 0.3) is 0 Å². The Kier molecular flexibility index (Phi) is 7.98. The molecule has 0 radical (unpaired) electrons. The van der Waals surface area contributed by atoms with Gasteiger partial charge in [-0.25, -0.2) is 0 Å². The molecule has 22 heavy (non-hydrogen) atoms. The predicted molar refractivity (Wildman–Crippen MR) is 89.4 cm³/mol. The summed E-state index contributed by atoms with van der Waals surface area (Å²) in [7, 11) is 2.19. The lowest BCUT2D eigenvalue weighted by Crippen LogP contribution is -2.39. The van der Waals surface area contributed by atoms with Crippen LogP contribution in [0, 0.1) is 0 Å². The summed E-state index contributed by atoms with van der Waals surface area (Å²) in [5.41, 5.74) is 0. The van der Waals surface area contributed by atoms with Gasteiger partial charge in [0.05, 0.1) is 19.3 Å². The van der Waals surface area contributed by atoms with Crippen molar-refractivity contribution in [2.24, 2.45) is 4.99 Å². The molecule has 0 bridgehead atoms. The van der Waals surface area contributed by atoms with Crippen LogP contribution in [-0.4, -0.2) is 76.1 Å². The number of hydrogen-bond donors (Lipinski definition) is 2. The number of ether oxygens (including phenoxy) is 2. The standard InChI is InChI=1S/C16H32N4O2/c1-3-17-16(19-12-14-6-4-9-20(14)2)18-8-5-10-22-15-7-11-21-13-15/h14-15H,3-13H2,1-2H3,(H2,17,18,19). The van der Waals surface area contributed by atoms with E-state index in [0.29, 0.717) is 12.1 Å². The van der Waals surface area contributed by atoms with Crippen LogP contribution in [0.5, 0.6) is 0 Å². The van der Waals surface area contributed by atoms with Gasteiger partial charge in [0, 0.05) is 32.3 Å². The number of hydrogen-bond acceptors (Lipinski definition) is 4. The third-order valence-corrected chi connectivity index (χ3v) is 4.33. The zero-order chi connectivity index (χ0) is 15.6. The van der Waals surface area contributed by atoms with Crippen molar-refractivity contribution >= 4 is 5.96 Å². The van der Waals surface area contributed by atoms with E-state index >= 15 is 0 Å². The van der Waals surface area contributed by atoms with Crippen molar-refractivity contribution in [3.05, 3.63) is 0 Å². The maximum Gasteiger partial charge on any atom is 0.191 e. The maximum absolute atomic E-state index is 5.77. The molecular weight excluding hydrogens is 280 g/mol. The van der Waals surface area contributed by atoms with Gasteiger partial charge in [-0.1, -0.05) is 0 Å². The fourth-order valence-electron chi connectivity index (χ4n) is 2.92. The van der Waals surface area contributed by atoms with Crippen molar-refractivity contribution in [2.45, 2.75) is 44.8 Å². The second-order valence-electron chi connectivity index (χ2n) is 6.13. The first-order chi connectivity index (χ1) is 10.8. The Bertz CT molecular complexity index is 332. The summed E-state index contributed by atoms with van der Waals surface area (Å²) >= 11 is 0. The molecule has 2 aliphatic rings. The highest BCUT2D eigenvalue weighted by molar-refractivity contribution is 5.79. The van der Waals surface area contributed by atoms with E-state index in [9.17, 15) is 0 Å². The Labute approximate surface area is 134 Å². The molecule has 0 aromatic heterocycles. The van der Waals surface area contributed by atoms with Gasteiger partial charge in [-0.2, -0.15) is 0 Å². The Morgan fingerprint density at radius 1 is 1.36 bits per heavy atom. The first kappa shape index (κ1) is 17.5. The van der Waals surface area contributed by atoms with Gasteiger partial charge in [-0.3, -0.25) is 4.99 Å². The lowest BCUT2D eigenvalue weighted by atomic mass is 10.2. The normalized spacial score (nSPS) is 26.5. The molecular formula is C16H32N4O2. The van der Waals surface area contributed by atoms with E-state index in [1.807, 2.05) is 0 Å². The molecule has 0 aromatic carbocycles. The van der Waals surface area contributed by atoms with Gasteiger partial charge < -0.3 is 25.0 Å². The fourth-order valence-corrected chi connectivity index (χ4v) is 2.92. The molecule has 2 saturated heterocycles. The number of aliphatic imine (C=N–C) groups is 1. The van der Waals surface area contributed by atoms with E-state index in [2.05, 4.69) is 29.5 Å². The minimum Gasteiger partial charge on any atom is -0.379 e. The number of guanidine groups is 1. The molecule has 0 amide bonds. The Hall–Kier alpha value is -0.850. The zero-order valence-corrected chi connectivity index (χ0v) is 14.1. The third-order valence-electron chi connectivity index (χ3n) is 4.33. The largest absolute Gasteiger partial charge is 0.379 e. The Morgan fingerprint density at radius 2 is 2.27 bits per heavy atom. The zero-order valence-electron chi connectivity index (χ0n) is 14.1. The van der Waals surface area contributed by atoms with Crippen molar-refractivity contribution in [1.29, 1.82) is 0 Å². The second-order valence-corrected chi connectivity index (χ2v) is 6.13. The number of nitrogens with zero attached hydrogens (tertiary/aromatic N) is 2. The van der Waals surface area contributed by atoms with Crippen LogP contribution in [-0.2, 0) is 9.47 Å². The molecule has 0 aliphatic carbocycles. The molecule has 6 heteroatoms. The number of rotatable bonds is 8. The molecule has 2 fully saturated rings. The maximum atomic E-state index is 5.77. The van der Waals surface area contributed by atoms with Gasteiger partial charge in [0.2, 0.25) is 0 Å². The van der Waals surface area contributed by atoms with E-state index in [1.165, 1.54) is 19.4 Å². The number of nitrogens with one attached hydrogen (secondary N) is 2. The molecule has 0 aromatic rings. The van der Waals surface area contributed by atoms with Crippen molar-refractivity contribution in [3.63, 3.8) is 0 Å². The van der Waals surface area contributed by atoms with Crippen LogP contribution in [0.1, 0.15) is 32.6 Å². The highest BCUT2D eigenvalue weighted by atomic mass is 16.5. The average molecular weight is 312 g/mol. The lowest BCUT2D eigenvalue weighted by Gasteiger charge is -2.18. The smallest absolute Gasteiger partial charge is 0.191 e. The van der Waals surface area contributed by atoms with Gasteiger partial charge in [0.1, 0.15) is 0 Å². The molecule has 6 nitrogen and oxygen atoms in total. The minimum absolute atomic E-state index is 0.305. The predicted octanol–water partition coefficient (Wildman–Crippen LogP) is 0.831. The van der Waals surface area contributed by atoms with E-state index in [1.54, 1.807) is 0 Å². The summed E-state index contributed by atoms with van der Waals surface area (Å²) in [5.74, 6) is 0.923. The van der Waals surface area contributed by atoms with Crippen LogP contribution in [0.3, 0.4) is 0 Å². The van der Waals surface area contributed by atoms with Gasteiger partial charge >= 0.3 is 0 Å². The average Bonchev–Trinajstić information content (AvgIpc) is 3.16. The quantitative estimate of drug-likeness (QED) is 0.395. The first-order valence-corrected chi connectivity index (χ1v) is 8.71. The van der Waals surface area contributed by atoms with Crippen LogP contribution in [0.4, 0.5) is 0 Å². The lowest BCUT2D eigenvalue weighted by molar-refractivity contribution is 0.0420. The van der Waals surface area contributed by atoms with Crippen molar-refractivity contribution in [1.82, 2.24) is 15.5 Å².